The maximum Gasteiger partial charge on any atom is 0.326 e. The summed E-state index contributed by atoms with van der Waals surface area (Å²) in [5, 5.41) is 21.8. The van der Waals surface area contributed by atoms with Gasteiger partial charge in [-0.2, -0.15) is 0 Å². The lowest BCUT2D eigenvalue weighted by atomic mass is 10.1. The fourth-order valence-corrected chi connectivity index (χ4v) is 2.73. The number of aliphatic hydroxyl groups is 1. The summed E-state index contributed by atoms with van der Waals surface area (Å²) in [4.78, 5) is 24.7. The second-order valence-corrected chi connectivity index (χ2v) is 5.09. The average molecular weight is 256 g/mol. The van der Waals surface area contributed by atoms with Crippen molar-refractivity contribution in [1.82, 2.24) is 10.2 Å². The van der Waals surface area contributed by atoms with Crippen LogP contribution in [0.3, 0.4) is 0 Å². The van der Waals surface area contributed by atoms with Crippen LogP contribution < -0.4 is 5.32 Å². The maximum absolute atomic E-state index is 12.3. The lowest BCUT2D eigenvalue weighted by molar-refractivity contribution is -0.149. The van der Waals surface area contributed by atoms with Gasteiger partial charge in [0.15, 0.2) is 0 Å². The van der Waals surface area contributed by atoms with Gasteiger partial charge in [0.2, 0.25) is 5.91 Å². The smallest absolute Gasteiger partial charge is 0.326 e. The van der Waals surface area contributed by atoms with E-state index < -0.39 is 18.1 Å². The van der Waals surface area contributed by atoms with Crippen LogP contribution in [0.25, 0.3) is 0 Å². The van der Waals surface area contributed by atoms with Gasteiger partial charge in [0.1, 0.15) is 6.04 Å². The molecule has 2 aliphatic heterocycles. The molecule has 3 atom stereocenters. The molecule has 0 radical (unpaired) electrons. The molecule has 0 saturated carbocycles. The molecule has 1 unspecified atom stereocenters. The molecule has 6 nitrogen and oxygen atoms in total. The summed E-state index contributed by atoms with van der Waals surface area (Å²) in [5.74, 6) is -1.21. The molecule has 6 heteroatoms. The monoisotopic (exact) mass is 256 g/mol. The van der Waals surface area contributed by atoms with Crippen molar-refractivity contribution in [2.75, 3.05) is 13.1 Å². The van der Waals surface area contributed by atoms with Crippen molar-refractivity contribution in [1.29, 1.82) is 0 Å². The first kappa shape index (κ1) is 13.3. The number of hydrogen-bond donors (Lipinski definition) is 3. The largest absolute Gasteiger partial charge is 0.480 e. The van der Waals surface area contributed by atoms with E-state index in [0.29, 0.717) is 0 Å². The number of nitrogens with zero attached hydrogens (tertiary/aromatic N) is 1. The van der Waals surface area contributed by atoms with Crippen molar-refractivity contribution >= 4 is 11.9 Å². The minimum absolute atomic E-state index is 0.133. The lowest BCUT2D eigenvalue weighted by Crippen LogP contribution is -2.50. The minimum atomic E-state index is -1.03. The number of aliphatic carboxylic acids is 1. The highest BCUT2D eigenvalue weighted by Gasteiger charge is 2.41. The molecule has 0 aromatic heterocycles. The topological polar surface area (TPSA) is 89.9 Å². The first-order valence-corrected chi connectivity index (χ1v) is 6.54. The Hall–Kier alpha value is -1.14. The van der Waals surface area contributed by atoms with Gasteiger partial charge in [-0.05, 0) is 19.4 Å². The number of amides is 1. The van der Waals surface area contributed by atoms with E-state index in [1.54, 1.807) is 0 Å². The third-order valence-electron chi connectivity index (χ3n) is 3.71. The van der Waals surface area contributed by atoms with Crippen LogP contribution in [0.5, 0.6) is 0 Å². The van der Waals surface area contributed by atoms with Crippen LogP contribution in [0, 0.1) is 0 Å². The lowest BCUT2D eigenvalue weighted by Gasteiger charge is -2.26. The number of likely N-dealkylation sites (tertiary alicyclic amines) is 1. The summed E-state index contributed by atoms with van der Waals surface area (Å²) >= 11 is 0. The van der Waals surface area contributed by atoms with Crippen molar-refractivity contribution in [3.63, 3.8) is 0 Å². The zero-order valence-electron chi connectivity index (χ0n) is 10.3. The third-order valence-corrected chi connectivity index (χ3v) is 3.71. The highest BCUT2D eigenvalue weighted by Crippen LogP contribution is 2.21. The zero-order valence-corrected chi connectivity index (χ0v) is 10.3. The number of nitrogens with one attached hydrogen (secondary N) is 1. The molecule has 2 rings (SSSR count). The number of carbonyl (C=O) groups excluding carboxylic acids is 1. The van der Waals surface area contributed by atoms with E-state index in [2.05, 4.69) is 5.32 Å². The number of carboxylic acids is 1. The van der Waals surface area contributed by atoms with Crippen LogP contribution in [0.4, 0.5) is 0 Å². The highest BCUT2D eigenvalue weighted by molar-refractivity contribution is 5.87. The maximum atomic E-state index is 12.3. The molecule has 3 N–H and O–H groups in total. The summed E-state index contributed by atoms with van der Waals surface area (Å²) in [5.41, 5.74) is 0. The molecule has 1 amide bonds. The van der Waals surface area contributed by atoms with Gasteiger partial charge < -0.3 is 20.4 Å². The fourth-order valence-electron chi connectivity index (χ4n) is 2.73. The number of carboxylic acid groups (broad SMARTS) is 1. The predicted octanol–water partition coefficient (Wildman–Crippen LogP) is -0.435. The van der Waals surface area contributed by atoms with Gasteiger partial charge in [-0.1, -0.05) is 12.8 Å². The molecule has 0 aliphatic carbocycles. The molecule has 2 saturated heterocycles. The van der Waals surface area contributed by atoms with Gasteiger partial charge in [0.05, 0.1) is 12.1 Å². The Bertz CT molecular complexity index is 326. The van der Waals surface area contributed by atoms with Crippen molar-refractivity contribution < 1.29 is 19.8 Å². The standard InChI is InChI=1S/C12H20N2O4/c15-8-6-10(12(17)18)14(7-8)11(16)9-4-2-1-3-5-13-9/h8-10,13,15H,1-7H2,(H,17,18)/t8-,9?,10-/m1/s1. The summed E-state index contributed by atoms with van der Waals surface area (Å²) in [6.45, 7) is 0.929. The molecule has 0 aromatic rings. The Morgan fingerprint density at radius 2 is 2.00 bits per heavy atom. The van der Waals surface area contributed by atoms with Gasteiger partial charge in [0, 0.05) is 13.0 Å². The normalized spacial score (nSPS) is 33.2. The number of aliphatic hydroxyl groups excluding tert-OH is 1. The summed E-state index contributed by atoms with van der Waals surface area (Å²) < 4.78 is 0. The molecular weight excluding hydrogens is 236 g/mol. The molecule has 18 heavy (non-hydrogen) atoms. The number of hydrogen-bond acceptors (Lipinski definition) is 4. The Kier molecular flexibility index (Phi) is 4.19. The summed E-state index contributed by atoms with van der Waals surface area (Å²) in [6, 6.07) is -1.17. The van der Waals surface area contributed by atoms with Gasteiger partial charge in [0.25, 0.3) is 0 Å². The van der Waals surface area contributed by atoms with Gasteiger partial charge in [-0.15, -0.1) is 0 Å². The minimum Gasteiger partial charge on any atom is -0.480 e. The molecule has 0 aromatic carbocycles. The van der Waals surface area contributed by atoms with Gasteiger partial charge in [-0.3, -0.25) is 4.79 Å². The Labute approximate surface area is 106 Å². The van der Waals surface area contributed by atoms with Crippen LogP contribution in [-0.2, 0) is 9.59 Å². The Morgan fingerprint density at radius 1 is 1.22 bits per heavy atom. The van der Waals surface area contributed by atoms with E-state index in [1.807, 2.05) is 0 Å². The quantitative estimate of drug-likeness (QED) is 0.623. The van der Waals surface area contributed by atoms with Crippen LogP contribution in [0.15, 0.2) is 0 Å². The van der Waals surface area contributed by atoms with E-state index in [0.717, 1.165) is 32.2 Å². The second-order valence-electron chi connectivity index (χ2n) is 5.09. The Balaban J connectivity index is 2.04. The number of carbonyl (C=O) groups is 2. The molecular formula is C12H20N2O4. The molecule has 2 fully saturated rings. The van der Waals surface area contributed by atoms with E-state index in [4.69, 9.17) is 5.11 Å². The molecule has 102 valence electrons. The van der Waals surface area contributed by atoms with Crippen molar-refractivity contribution in [2.24, 2.45) is 0 Å². The molecule has 0 spiro atoms. The summed E-state index contributed by atoms with van der Waals surface area (Å²) in [7, 11) is 0. The third kappa shape index (κ3) is 2.81. The number of rotatable bonds is 2. The van der Waals surface area contributed by atoms with Crippen LogP contribution in [0.2, 0.25) is 0 Å². The molecule has 2 aliphatic rings. The zero-order chi connectivity index (χ0) is 13.1. The first-order chi connectivity index (χ1) is 8.59. The van der Waals surface area contributed by atoms with E-state index in [9.17, 15) is 14.7 Å². The average Bonchev–Trinajstić information content (AvgIpc) is 2.56. The fraction of sp³-hybridized carbons (Fsp3) is 0.833. The van der Waals surface area contributed by atoms with Crippen LogP contribution in [-0.4, -0.2) is 58.3 Å². The highest BCUT2D eigenvalue weighted by atomic mass is 16.4. The second kappa shape index (κ2) is 5.67. The van der Waals surface area contributed by atoms with Gasteiger partial charge >= 0.3 is 5.97 Å². The Morgan fingerprint density at radius 3 is 2.72 bits per heavy atom. The van der Waals surface area contributed by atoms with E-state index in [-0.39, 0.29) is 24.9 Å². The number of β-amino-alcohol motifs (C(OH)–C–C–N with tert-alkyl or cyclic N) is 1. The summed E-state index contributed by atoms with van der Waals surface area (Å²) in [6.07, 6.45) is 3.29. The first-order valence-electron chi connectivity index (χ1n) is 6.54. The van der Waals surface area contributed by atoms with Crippen LogP contribution in [0.1, 0.15) is 32.1 Å². The van der Waals surface area contributed by atoms with Crippen molar-refractivity contribution in [3.05, 3.63) is 0 Å². The van der Waals surface area contributed by atoms with Crippen molar-refractivity contribution in [3.8, 4) is 0 Å². The SMILES string of the molecule is O=C(O)[C@H]1C[C@@H](O)CN1C(=O)C1CCCCCN1. The predicted molar refractivity (Wildman–Crippen MR) is 64.0 cm³/mol. The van der Waals surface area contributed by atoms with E-state index in [1.165, 1.54) is 4.90 Å². The molecule has 2 heterocycles. The van der Waals surface area contributed by atoms with E-state index >= 15 is 0 Å². The molecule has 0 bridgehead atoms. The van der Waals surface area contributed by atoms with Crippen molar-refractivity contribution in [2.45, 2.75) is 50.3 Å². The van der Waals surface area contributed by atoms with Crippen LogP contribution >= 0.6 is 0 Å². The van der Waals surface area contributed by atoms with Gasteiger partial charge in [-0.25, -0.2) is 4.79 Å².